The third-order valence-electron chi connectivity index (χ3n) is 3.92. The van der Waals surface area contributed by atoms with Crippen molar-refractivity contribution in [2.24, 2.45) is 5.92 Å². The molecule has 0 N–H and O–H groups in total. The first kappa shape index (κ1) is 14.9. The lowest BCUT2D eigenvalue weighted by atomic mass is 10.0. The molecule has 1 aliphatic heterocycles. The van der Waals surface area contributed by atoms with Gasteiger partial charge in [-0.15, -0.1) is 0 Å². The summed E-state index contributed by atoms with van der Waals surface area (Å²) in [6.07, 6.45) is 0. The van der Waals surface area contributed by atoms with Crippen molar-refractivity contribution in [3.05, 3.63) is 30.3 Å². The van der Waals surface area contributed by atoms with E-state index in [-0.39, 0.29) is 12.5 Å². The summed E-state index contributed by atoms with van der Waals surface area (Å²) in [5, 5.41) is 0. The first-order valence-corrected chi connectivity index (χ1v) is 7.24. The van der Waals surface area contributed by atoms with Crippen LogP contribution in [0.15, 0.2) is 30.3 Å². The van der Waals surface area contributed by atoms with Crippen LogP contribution < -0.4 is 4.74 Å². The van der Waals surface area contributed by atoms with E-state index in [0.717, 1.165) is 25.4 Å². The number of para-hydroxylation sites is 1. The lowest BCUT2D eigenvalue weighted by Gasteiger charge is -2.41. The van der Waals surface area contributed by atoms with Gasteiger partial charge in [0.2, 0.25) is 0 Å². The number of nitrogens with zero attached hydrogens (tertiary/aromatic N) is 2. The van der Waals surface area contributed by atoms with Crippen LogP contribution in [0.4, 0.5) is 0 Å². The Bertz CT molecular complexity index is 433. The Morgan fingerprint density at radius 1 is 1.30 bits per heavy atom. The smallest absolute Gasteiger partial charge is 0.260 e. The van der Waals surface area contributed by atoms with Crippen molar-refractivity contribution in [2.75, 3.05) is 33.3 Å². The van der Waals surface area contributed by atoms with Gasteiger partial charge in [0.25, 0.3) is 5.91 Å². The van der Waals surface area contributed by atoms with Crippen LogP contribution in [0.25, 0.3) is 0 Å². The van der Waals surface area contributed by atoms with E-state index < -0.39 is 0 Å². The average molecular weight is 276 g/mol. The molecule has 1 aromatic rings. The Morgan fingerprint density at radius 2 is 2.00 bits per heavy atom. The summed E-state index contributed by atoms with van der Waals surface area (Å²) in [5.41, 5.74) is 0. The average Bonchev–Trinajstić information content (AvgIpc) is 2.46. The Balaban J connectivity index is 1.86. The molecule has 4 heteroatoms. The zero-order valence-corrected chi connectivity index (χ0v) is 12.6. The number of benzene rings is 1. The number of hydrogen-bond donors (Lipinski definition) is 0. The van der Waals surface area contributed by atoms with Crippen LogP contribution in [0.2, 0.25) is 0 Å². The van der Waals surface area contributed by atoms with Gasteiger partial charge >= 0.3 is 0 Å². The number of likely N-dealkylation sites (N-methyl/N-ethyl adjacent to an activating group) is 1. The van der Waals surface area contributed by atoms with Crippen molar-refractivity contribution in [1.82, 2.24) is 9.80 Å². The zero-order chi connectivity index (χ0) is 14.5. The fourth-order valence-corrected chi connectivity index (χ4v) is 2.60. The molecule has 110 valence electrons. The Labute approximate surface area is 121 Å². The Hall–Kier alpha value is -1.55. The number of piperazine rings is 1. The van der Waals surface area contributed by atoms with E-state index in [1.165, 1.54) is 0 Å². The summed E-state index contributed by atoms with van der Waals surface area (Å²) in [6, 6.07) is 9.92. The number of carbonyl (C=O) groups is 1. The Kier molecular flexibility index (Phi) is 5.01. The zero-order valence-electron chi connectivity index (χ0n) is 12.6. The molecule has 1 saturated heterocycles. The van der Waals surface area contributed by atoms with Gasteiger partial charge in [-0.2, -0.15) is 0 Å². The first-order valence-electron chi connectivity index (χ1n) is 7.24. The quantitative estimate of drug-likeness (QED) is 0.841. The molecule has 1 heterocycles. The second-order valence-electron chi connectivity index (χ2n) is 5.73. The molecule has 20 heavy (non-hydrogen) atoms. The molecule has 0 unspecified atom stereocenters. The predicted octanol–water partition coefficient (Wildman–Crippen LogP) is 1.86. The van der Waals surface area contributed by atoms with Crippen LogP contribution in [-0.4, -0.2) is 55.0 Å². The maximum absolute atomic E-state index is 12.2. The predicted molar refractivity (Wildman–Crippen MR) is 79.8 cm³/mol. The topological polar surface area (TPSA) is 32.8 Å². The van der Waals surface area contributed by atoms with Crippen LogP contribution >= 0.6 is 0 Å². The third-order valence-corrected chi connectivity index (χ3v) is 3.92. The van der Waals surface area contributed by atoms with Gasteiger partial charge in [-0.05, 0) is 25.1 Å². The summed E-state index contributed by atoms with van der Waals surface area (Å²) >= 11 is 0. The van der Waals surface area contributed by atoms with E-state index in [0.29, 0.717) is 12.0 Å². The van der Waals surface area contributed by atoms with Gasteiger partial charge in [0.05, 0.1) is 0 Å². The van der Waals surface area contributed by atoms with Crippen LogP contribution in [0.5, 0.6) is 5.75 Å². The van der Waals surface area contributed by atoms with Crippen molar-refractivity contribution in [1.29, 1.82) is 0 Å². The second-order valence-corrected chi connectivity index (χ2v) is 5.73. The first-order chi connectivity index (χ1) is 9.58. The normalized spacial score (nSPS) is 20.2. The molecule has 1 atom stereocenters. The van der Waals surface area contributed by atoms with E-state index >= 15 is 0 Å². The minimum atomic E-state index is 0.0765. The van der Waals surface area contributed by atoms with E-state index in [2.05, 4.69) is 25.8 Å². The van der Waals surface area contributed by atoms with E-state index in [1.54, 1.807) is 0 Å². The fraction of sp³-hybridized carbons (Fsp3) is 0.562. The highest BCUT2D eigenvalue weighted by atomic mass is 16.5. The van der Waals surface area contributed by atoms with Gasteiger partial charge in [-0.1, -0.05) is 32.0 Å². The molecule has 2 rings (SSSR count). The molecular formula is C16H24N2O2. The van der Waals surface area contributed by atoms with Crippen LogP contribution in [0, 0.1) is 5.92 Å². The third kappa shape index (κ3) is 3.73. The van der Waals surface area contributed by atoms with Crippen molar-refractivity contribution in [2.45, 2.75) is 19.9 Å². The summed E-state index contributed by atoms with van der Waals surface area (Å²) in [4.78, 5) is 16.5. The number of amides is 1. The molecule has 4 nitrogen and oxygen atoms in total. The van der Waals surface area contributed by atoms with Gasteiger partial charge in [-0.25, -0.2) is 0 Å². The van der Waals surface area contributed by atoms with Gasteiger partial charge in [0, 0.05) is 25.7 Å². The van der Waals surface area contributed by atoms with Crippen molar-refractivity contribution >= 4 is 5.91 Å². The molecule has 1 aliphatic rings. The van der Waals surface area contributed by atoms with E-state index in [1.807, 2.05) is 35.2 Å². The second kappa shape index (κ2) is 6.75. The Morgan fingerprint density at radius 3 is 2.65 bits per heavy atom. The molecule has 1 amide bonds. The molecular weight excluding hydrogens is 252 g/mol. The monoisotopic (exact) mass is 276 g/mol. The summed E-state index contributed by atoms with van der Waals surface area (Å²) < 4.78 is 5.54. The van der Waals surface area contributed by atoms with Crippen molar-refractivity contribution in [3.8, 4) is 5.75 Å². The van der Waals surface area contributed by atoms with Crippen LogP contribution in [0.1, 0.15) is 13.8 Å². The maximum atomic E-state index is 12.2. The SMILES string of the molecule is CC(C)[C@@H]1CN(C(=O)COc2ccccc2)CCN1C. The molecule has 0 aliphatic carbocycles. The van der Waals surface area contributed by atoms with Gasteiger partial charge in [-0.3, -0.25) is 9.69 Å². The lowest BCUT2D eigenvalue weighted by molar-refractivity contribution is -0.136. The van der Waals surface area contributed by atoms with Gasteiger partial charge in [0.15, 0.2) is 6.61 Å². The van der Waals surface area contributed by atoms with E-state index in [4.69, 9.17) is 4.74 Å². The maximum Gasteiger partial charge on any atom is 0.260 e. The fourth-order valence-electron chi connectivity index (χ4n) is 2.60. The molecule has 0 spiro atoms. The highest BCUT2D eigenvalue weighted by Crippen LogP contribution is 2.16. The van der Waals surface area contributed by atoms with Crippen LogP contribution in [-0.2, 0) is 4.79 Å². The molecule has 1 fully saturated rings. The number of rotatable bonds is 4. The van der Waals surface area contributed by atoms with Gasteiger partial charge < -0.3 is 9.64 Å². The largest absolute Gasteiger partial charge is 0.484 e. The summed E-state index contributed by atoms with van der Waals surface area (Å²) in [7, 11) is 2.13. The standard InChI is InChI=1S/C16H24N2O2/c1-13(2)15-11-18(10-9-17(15)3)16(19)12-20-14-7-5-4-6-8-14/h4-8,13,15H,9-12H2,1-3H3/t15-/m0/s1. The molecule has 0 saturated carbocycles. The highest BCUT2D eigenvalue weighted by Gasteiger charge is 2.29. The highest BCUT2D eigenvalue weighted by molar-refractivity contribution is 5.78. The molecule has 1 aromatic carbocycles. The number of ether oxygens (including phenoxy) is 1. The van der Waals surface area contributed by atoms with E-state index in [9.17, 15) is 4.79 Å². The van der Waals surface area contributed by atoms with Crippen LogP contribution in [0.3, 0.4) is 0 Å². The lowest BCUT2D eigenvalue weighted by Crippen LogP contribution is -2.55. The molecule has 0 bridgehead atoms. The molecule has 0 radical (unpaired) electrons. The minimum Gasteiger partial charge on any atom is -0.484 e. The molecule has 0 aromatic heterocycles. The summed E-state index contributed by atoms with van der Waals surface area (Å²) in [6.45, 7) is 7.05. The number of hydrogen-bond acceptors (Lipinski definition) is 3. The minimum absolute atomic E-state index is 0.0765. The van der Waals surface area contributed by atoms with Crippen molar-refractivity contribution in [3.63, 3.8) is 0 Å². The summed E-state index contributed by atoms with van der Waals surface area (Å²) in [5.74, 6) is 1.37. The van der Waals surface area contributed by atoms with Crippen molar-refractivity contribution < 1.29 is 9.53 Å². The van der Waals surface area contributed by atoms with Gasteiger partial charge in [0.1, 0.15) is 5.75 Å². The number of carbonyl (C=O) groups excluding carboxylic acids is 1.